The molecule has 13 nitrogen and oxygen atoms in total. The summed E-state index contributed by atoms with van der Waals surface area (Å²) in [4.78, 5) is 23.3. The van der Waals surface area contributed by atoms with Crippen LogP contribution in [0.5, 0.6) is 5.75 Å². The van der Waals surface area contributed by atoms with Crippen LogP contribution in [0.2, 0.25) is 0 Å². The highest BCUT2D eigenvalue weighted by atomic mass is 79.9. The number of aryl methyl sites for hydroxylation is 1. The maximum Gasteiger partial charge on any atom is 0.229 e. The molecule has 5 aromatic rings. The number of nitrogens with one attached hydrogen (secondary N) is 2. The van der Waals surface area contributed by atoms with E-state index in [0.717, 1.165) is 62.4 Å². The van der Waals surface area contributed by atoms with Crippen molar-refractivity contribution in [1.82, 2.24) is 34.6 Å². The summed E-state index contributed by atoms with van der Waals surface area (Å²) < 4.78 is 28.4. The molecule has 3 aromatic heterocycles. The van der Waals surface area contributed by atoms with Gasteiger partial charge in [0.15, 0.2) is 0 Å². The Kier molecular flexibility index (Phi) is 9.79. The average molecular weight is 776 g/mol. The number of nitrogens with zero attached hydrogens (tertiary/aromatic N) is 8. The first-order valence-electron chi connectivity index (χ1n) is 17.1. The Bertz CT molecular complexity index is 2110. The molecule has 0 saturated carbocycles. The minimum atomic E-state index is -2.77. The molecule has 2 aliphatic rings. The van der Waals surface area contributed by atoms with Gasteiger partial charge in [0.25, 0.3) is 0 Å². The van der Waals surface area contributed by atoms with Gasteiger partial charge < -0.3 is 29.6 Å². The third-order valence-electron chi connectivity index (χ3n) is 9.75. The van der Waals surface area contributed by atoms with Gasteiger partial charge in [-0.1, -0.05) is 0 Å². The summed E-state index contributed by atoms with van der Waals surface area (Å²) in [5.41, 5.74) is 5.60. The molecule has 2 saturated heterocycles. The number of piperidine rings is 1. The number of morpholine rings is 1. The first-order chi connectivity index (χ1) is 24.4. The first kappa shape index (κ1) is 35.3. The molecular weight excluding hydrogens is 731 g/mol. The van der Waals surface area contributed by atoms with Crippen molar-refractivity contribution in [3.8, 4) is 16.9 Å². The summed E-state index contributed by atoms with van der Waals surface area (Å²) in [5.74, 6) is 1.51. The molecule has 2 aliphatic heterocycles. The number of hydrogen-bond donors (Lipinski definition) is 2. The van der Waals surface area contributed by atoms with Crippen LogP contribution in [0.4, 0.5) is 28.8 Å². The van der Waals surface area contributed by atoms with E-state index >= 15 is 0 Å². The van der Waals surface area contributed by atoms with Crippen molar-refractivity contribution in [2.24, 2.45) is 7.05 Å². The lowest BCUT2D eigenvalue weighted by atomic mass is 9.88. The van der Waals surface area contributed by atoms with Crippen LogP contribution in [0.1, 0.15) is 26.7 Å². The van der Waals surface area contributed by atoms with Crippen LogP contribution >= 0.6 is 23.1 Å². The Labute approximate surface area is 306 Å². The highest BCUT2D eigenvalue weighted by Crippen LogP contribution is 2.44. The zero-order valence-electron chi connectivity index (χ0n) is 29.9. The van der Waals surface area contributed by atoms with Crippen molar-refractivity contribution in [1.29, 1.82) is 0 Å². The van der Waals surface area contributed by atoms with Crippen molar-refractivity contribution in [3.05, 3.63) is 59.7 Å². The minimum absolute atomic E-state index is 0.115. The van der Waals surface area contributed by atoms with Crippen LogP contribution in [-0.2, 0) is 16.3 Å². The van der Waals surface area contributed by atoms with Crippen LogP contribution in [-0.4, -0.2) is 99.5 Å². The van der Waals surface area contributed by atoms with E-state index in [4.69, 9.17) is 14.5 Å². The zero-order chi connectivity index (χ0) is 35.9. The van der Waals surface area contributed by atoms with E-state index < -0.39 is 7.14 Å². The fourth-order valence-corrected chi connectivity index (χ4v) is 8.78. The smallest absolute Gasteiger partial charge is 0.229 e. The maximum absolute atomic E-state index is 13.5. The van der Waals surface area contributed by atoms with E-state index in [0.29, 0.717) is 55.7 Å². The molecule has 0 atom stereocenters. The molecule has 5 heterocycles. The molecule has 0 bridgehead atoms. The van der Waals surface area contributed by atoms with E-state index in [2.05, 4.69) is 82.4 Å². The molecule has 15 heteroatoms. The average Bonchev–Trinajstić information content (AvgIpc) is 3.55. The second kappa shape index (κ2) is 14.1. The van der Waals surface area contributed by atoms with Crippen molar-refractivity contribution < 1.29 is 14.0 Å². The van der Waals surface area contributed by atoms with Gasteiger partial charge in [0.05, 0.1) is 52.2 Å². The molecule has 268 valence electrons. The number of aromatic nitrogens is 6. The fourth-order valence-electron chi connectivity index (χ4n) is 7.09. The molecule has 0 radical (unpaired) electrons. The fraction of sp³-hybridized carbons (Fsp3) is 0.417. The van der Waals surface area contributed by atoms with Crippen LogP contribution in [0.15, 0.2) is 59.7 Å². The van der Waals surface area contributed by atoms with Gasteiger partial charge in [-0.2, -0.15) is 10.1 Å². The molecule has 2 aromatic carbocycles. The van der Waals surface area contributed by atoms with Gasteiger partial charge in [-0.25, -0.2) is 4.98 Å². The van der Waals surface area contributed by atoms with Gasteiger partial charge >= 0.3 is 0 Å². The summed E-state index contributed by atoms with van der Waals surface area (Å²) >= 11 is 3.60. The maximum atomic E-state index is 13.5. The Balaban J connectivity index is 1.20. The van der Waals surface area contributed by atoms with E-state index in [1.54, 1.807) is 39.0 Å². The van der Waals surface area contributed by atoms with Gasteiger partial charge in [-0.3, -0.25) is 19.5 Å². The Morgan fingerprint density at radius 1 is 1.02 bits per heavy atom. The molecule has 0 unspecified atom stereocenters. The predicted octanol–water partition coefficient (Wildman–Crippen LogP) is 6.41. The van der Waals surface area contributed by atoms with Crippen LogP contribution in [0.25, 0.3) is 22.2 Å². The molecular formula is C36H44BrN10O3P. The van der Waals surface area contributed by atoms with Gasteiger partial charge in [0.2, 0.25) is 5.95 Å². The van der Waals surface area contributed by atoms with Crippen molar-refractivity contribution in [2.75, 3.05) is 68.8 Å². The Morgan fingerprint density at radius 3 is 2.51 bits per heavy atom. The standard InChI is InChI=1S/C36H44BrN10O3P/c1-23(2)47-15-16-50-36(22-47)9-13-46(14-10-36)30-18-31(49-4)29(17-25(30)24-19-41-45(3)21-24)43-35-40-20-26(37)34(44-35)42-28-8-7-27-32(39-12-11-38-27)33(28)51(5,6)48/h7-8,11-12,17-21,23H,9-10,13-16,22H2,1-6H3,(H2,40,42,43,44). The highest BCUT2D eigenvalue weighted by molar-refractivity contribution is 9.10. The zero-order valence-corrected chi connectivity index (χ0v) is 32.3. The normalized spacial score (nSPS) is 16.6. The lowest BCUT2D eigenvalue weighted by Gasteiger charge is -2.49. The summed E-state index contributed by atoms with van der Waals surface area (Å²) in [6, 6.07) is 8.39. The van der Waals surface area contributed by atoms with Gasteiger partial charge in [0, 0.05) is 86.9 Å². The number of fused-ring (bicyclic) bond motifs is 1. The van der Waals surface area contributed by atoms with E-state index in [9.17, 15) is 4.57 Å². The number of anilines is 5. The Hall–Kier alpha value is -4.10. The summed E-state index contributed by atoms with van der Waals surface area (Å²) in [7, 11) is 0.818. The molecule has 0 amide bonds. The third-order valence-corrected chi connectivity index (χ3v) is 11.9. The number of halogens is 1. The molecule has 2 N–H and O–H groups in total. The van der Waals surface area contributed by atoms with Crippen molar-refractivity contribution >= 4 is 68.2 Å². The van der Waals surface area contributed by atoms with Crippen LogP contribution in [0, 0.1) is 0 Å². The first-order valence-corrected chi connectivity index (χ1v) is 20.5. The number of benzene rings is 2. The molecule has 1 spiro atoms. The van der Waals surface area contributed by atoms with Gasteiger partial charge in [-0.05, 0) is 74.1 Å². The Morgan fingerprint density at radius 2 is 1.80 bits per heavy atom. The third kappa shape index (κ3) is 7.32. The number of ether oxygens (including phenoxy) is 2. The number of hydrogen-bond acceptors (Lipinski definition) is 12. The van der Waals surface area contributed by atoms with Crippen LogP contribution in [0.3, 0.4) is 0 Å². The second-order valence-corrected chi connectivity index (χ2v) is 17.9. The lowest BCUT2D eigenvalue weighted by Crippen LogP contribution is -2.58. The van der Waals surface area contributed by atoms with Gasteiger partial charge in [0.1, 0.15) is 24.2 Å². The number of rotatable bonds is 9. The quantitative estimate of drug-likeness (QED) is 0.160. The molecule has 51 heavy (non-hydrogen) atoms. The highest BCUT2D eigenvalue weighted by Gasteiger charge is 2.40. The minimum Gasteiger partial charge on any atom is -0.494 e. The molecule has 7 rings (SSSR count). The monoisotopic (exact) mass is 774 g/mol. The lowest BCUT2D eigenvalue weighted by molar-refractivity contribution is -0.127. The molecule has 2 fully saturated rings. The summed E-state index contributed by atoms with van der Waals surface area (Å²) in [6.07, 6.45) is 10.7. The largest absolute Gasteiger partial charge is 0.494 e. The topological polar surface area (TPSA) is 135 Å². The van der Waals surface area contributed by atoms with E-state index in [-0.39, 0.29) is 5.60 Å². The van der Waals surface area contributed by atoms with E-state index in [1.165, 1.54) is 0 Å². The van der Waals surface area contributed by atoms with Crippen LogP contribution < -0.4 is 25.6 Å². The van der Waals surface area contributed by atoms with E-state index in [1.807, 2.05) is 36.3 Å². The second-order valence-electron chi connectivity index (χ2n) is 13.9. The SMILES string of the molecule is COc1cc(N2CCC3(CC2)CN(C(C)C)CCO3)c(-c2cnn(C)c2)cc1Nc1ncc(Br)c(Nc2ccc3nccnc3c2P(C)(C)=O)n1. The predicted molar refractivity (Wildman–Crippen MR) is 207 cm³/mol. The number of methoxy groups -OCH3 is 1. The van der Waals surface area contributed by atoms with Gasteiger partial charge in [-0.15, -0.1) is 0 Å². The summed E-state index contributed by atoms with van der Waals surface area (Å²) in [5, 5.41) is 11.9. The summed E-state index contributed by atoms with van der Waals surface area (Å²) in [6.45, 7) is 12.4. The van der Waals surface area contributed by atoms with Crippen molar-refractivity contribution in [3.63, 3.8) is 0 Å². The van der Waals surface area contributed by atoms with Crippen molar-refractivity contribution in [2.45, 2.75) is 38.3 Å². The molecule has 0 aliphatic carbocycles.